The molecule has 2 aliphatic rings. The molecule has 2 fully saturated rings. The zero-order valence-corrected chi connectivity index (χ0v) is 28.4. The van der Waals surface area contributed by atoms with Crippen LogP contribution in [-0.4, -0.2) is 67.2 Å². The summed E-state index contributed by atoms with van der Waals surface area (Å²) in [5.74, 6) is -2.17. The molecule has 0 aromatic heterocycles. The van der Waals surface area contributed by atoms with Crippen molar-refractivity contribution in [3.05, 3.63) is 34.4 Å². The lowest BCUT2D eigenvalue weighted by molar-refractivity contribution is -0.0410. The fourth-order valence-electron chi connectivity index (χ4n) is 9.15. The van der Waals surface area contributed by atoms with E-state index in [9.17, 15) is 19.8 Å². The fourth-order valence-corrected chi connectivity index (χ4v) is 9.15. The SMILES string of the molecule is CCCCCN1C(C)(C)CC(c2ccc(C(=O)O)c(C(=O)O)c2C2CC(C)(C)N(CCCCC)C(C)(C)C2)CC1(C)C. The van der Waals surface area contributed by atoms with Crippen molar-refractivity contribution in [2.24, 2.45) is 0 Å². The summed E-state index contributed by atoms with van der Waals surface area (Å²) < 4.78 is 0. The average Bonchev–Trinajstić information content (AvgIpc) is 2.85. The van der Waals surface area contributed by atoms with E-state index in [2.05, 4.69) is 79.0 Å². The van der Waals surface area contributed by atoms with Gasteiger partial charge in [-0.2, -0.15) is 0 Å². The molecule has 3 rings (SSSR count). The minimum atomic E-state index is -1.16. The highest BCUT2D eigenvalue weighted by Gasteiger charge is 2.49. The quantitative estimate of drug-likeness (QED) is 0.239. The van der Waals surface area contributed by atoms with Crippen molar-refractivity contribution in [1.29, 1.82) is 0 Å². The molecule has 6 nitrogen and oxygen atoms in total. The number of hydrogen-bond acceptors (Lipinski definition) is 4. The summed E-state index contributed by atoms with van der Waals surface area (Å²) in [6, 6.07) is 3.54. The molecule has 0 radical (unpaired) electrons. The number of aromatic carboxylic acids is 2. The molecule has 2 aliphatic heterocycles. The van der Waals surface area contributed by atoms with Crippen molar-refractivity contribution >= 4 is 11.9 Å². The van der Waals surface area contributed by atoms with Crippen LogP contribution in [0.25, 0.3) is 0 Å². The molecular formula is C36H60N2O4. The van der Waals surface area contributed by atoms with Crippen molar-refractivity contribution in [3.63, 3.8) is 0 Å². The lowest BCUT2D eigenvalue weighted by Crippen LogP contribution is -2.61. The Morgan fingerprint density at radius 3 is 1.43 bits per heavy atom. The van der Waals surface area contributed by atoms with E-state index >= 15 is 0 Å². The van der Waals surface area contributed by atoms with Crippen molar-refractivity contribution in [3.8, 4) is 0 Å². The van der Waals surface area contributed by atoms with Gasteiger partial charge in [0.05, 0.1) is 11.1 Å². The second-order valence-corrected chi connectivity index (χ2v) is 15.8. The molecule has 2 saturated heterocycles. The van der Waals surface area contributed by atoms with E-state index < -0.39 is 11.9 Å². The van der Waals surface area contributed by atoms with Gasteiger partial charge < -0.3 is 10.2 Å². The number of carboxylic acid groups (broad SMARTS) is 2. The topological polar surface area (TPSA) is 81.1 Å². The Kier molecular flexibility index (Phi) is 10.7. The summed E-state index contributed by atoms with van der Waals surface area (Å²) in [6.45, 7) is 25.0. The van der Waals surface area contributed by atoms with Crippen molar-refractivity contribution in [2.45, 2.75) is 167 Å². The standard InChI is InChI=1S/C36H60N2O4/c1-11-13-15-19-37-33(3,4)21-25(22-34(37,5)6)27-17-18-28(31(39)40)30(32(41)42)29(27)26-23-35(7,8)38(20-16-14-12-2)36(9,10)24-26/h17-18,25-26H,11-16,19-24H2,1-10H3,(H,39,40)(H,41,42). The monoisotopic (exact) mass is 584 g/mol. The second kappa shape index (κ2) is 13.0. The summed E-state index contributed by atoms with van der Waals surface area (Å²) >= 11 is 0. The maximum atomic E-state index is 13.0. The lowest BCUT2D eigenvalue weighted by Gasteiger charge is -2.57. The zero-order valence-electron chi connectivity index (χ0n) is 28.4. The Balaban J connectivity index is 2.14. The number of benzene rings is 1. The van der Waals surface area contributed by atoms with Gasteiger partial charge in [0.2, 0.25) is 0 Å². The van der Waals surface area contributed by atoms with E-state index in [-0.39, 0.29) is 45.1 Å². The van der Waals surface area contributed by atoms with Crippen LogP contribution in [0.5, 0.6) is 0 Å². The third kappa shape index (κ3) is 7.23. The van der Waals surface area contributed by atoms with Crippen LogP contribution in [-0.2, 0) is 0 Å². The molecule has 238 valence electrons. The van der Waals surface area contributed by atoms with Gasteiger partial charge in [0, 0.05) is 22.2 Å². The zero-order chi connectivity index (χ0) is 31.7. The first-order valence-corrected chi connectivity index (χ1v) is 16.6. The van der Waals surface area contributed by atoms with E-state index in [1.165, 1.54) is 32.1 Å². The molecule has 0 bridgehead atoms. The molecule has 0 aliphatic carbocycles. The number of carbonyl (C=O) groups is 2. The van der Waals surface area contributed by atoms with Crippen molar-refractivity contribution < 1.29 is 19.8 Å². The molecule has 0 atom stereocenters. The predicted octanol–water partition coefficient (Wildman–Crippen LogP) is 8.94. The molecule has 1 aromatic carbocycles. The van der Waals surface area contributed by atoms with Crippen LogP contribution in [0, 0.1) is 0 Å². The third-order valence-corrected chi connectivity index (χ3v) is 10.4. The van der Waals surface area contributed by atoms with E-state index in [0.717, 1.165) is 56.3 Å². The fraction of sp³-hybridized carbons (Fsp3) is 0.778. The summed E-state index contributed by atoms with van der Waals surface area (Å²) in [6.07, 6.45) is 10.6. The van der Waals surface area contributed by atoms with Crippen molar-refractivity contribution in [1.82, 2.24) is 9.80 Å². The van der Waals surface area contributed by atoms with E-state index in [1.807, 2.05) is 6.07 Å². The smallest absolute Gasteiger partial charge is 0.336 e. The van der Waals surface area contributed by atoms with Gasteiger partial charge in [-0.1, -0.05) is 45.6 Å². The number of likely N-dealkylation sites (tertiary alicyclic amines) is 2. The normalized spacial score (nSPS) is 22.7. The summed E-state index contributed by atoms with van der Waals surface area (Å²) in [5.41, 5.74) is 1.35. The molecule has 1 aromatic rings. The van der Waals surface area contributed by atoms with Crippen LogP contribution in [0.3, 0.4) is 0 Å². The number of carboxylic acids is 2. The van der Waals surface area contributed by atoms with Crippen LogP contribution in [0.4, 0.5) is 0 Å². The molecule has 2 N–H and O–H groups in total. The Morgan fingerprint density at radius 2 is 1.07 bits per heavy atom. The van der Waals surface area contributed by atoms with Gasteiger partial charge in [-0.05, 0) is 136 Å². The van der Waals surface area contributed by atoms with E-state index in [1.54, 1.807) is 6.07 Å². The van der Waals surface area contributed by atoms with Gasteiger partial charge in [-0.15, -0.1) is 0 Å². The minimum Gasteiger partial charge on any atom is -0.478 e. The molecule has 42 heavy (non-hydrogen) atoms. The first-order valence-electron chi connectivity index (χ1n) is 16.6. The third-order valence-electron chi connectivity index (χ3n) is 10.4. The van der Waals surface area contributed by atoms with Gasteiger partial charge in [0.1, 0.15) is 0 Å². The Hall–Kier alpha value is -1.92. The van der Waals surface area contributed by atoms with Crippen LogP contribution in [0.1, 0.15) is 177 Å². The van der Waals surface area contributed by atoms with Crippen LogP contribution < -0.4 is 0 Å². The molecule has 0 spiro atoms. The first kappa shape index (κ1) is 34.6. The lowest BCUT2D eigenvalue weighted by atomic mass is 9.65. The molecule has 0 amide bonds. The highest BCUT2D eigenvalue weighted by atomic mass is 16.4. The van der Waals surface area contributed by atoms with Gasteiger partial charge >= 0.3 is 11.9 Å². The summed E-state index contributed by atoms with van der Waals surface area (Å²) in [7, 11) is 0. The average molecular weight is 585 g/mol. The first-order chi connectivity index (χ1) is 19.4. The molecule has 0 unspecified atom stereocenters. The Bertz CT molecular complexity index is 1080. The number of hydrogen-bond donors (Lipinski definition) is 2. The summed E-state index contributed by atoms with van der Waals surface area (Å²) in [4.78, 5) is 30.6. The van der Waals surface area contributed by atoms with Crippen molar-refractivity contribution in [2.75, 3.05) is 13.1 Å². The molecule has 0 saturated carbocycles. The number of nitrogens with zero attached hydrogens (tertiary/aromatic N) is 2. The largest absolute Gasteiger partial charge is 0.478 e. The predicted molar refractivity (Wildman–Crippen MR) is 173 cm³/mol. The van der Waals surface area contributed by atoms with Crippen LogP contribution in [0.15, 0.2) is 12.1 Å². The molecule has 2 heterocycles. The number of rotatable bonds is 12. The number of piperidine rings is 2. The van der Waals surface area contributed by atoms with Crippen LogP contribution >= 0.6 is 0 Å². The van der Waals surface area contributed by atoms with Gasteiger partial charge in [-0.25, -0.2) is 9.59 Å². The highest BCUT2D eigenvalue weighted by molar-refractivity contribution is 6.03. The molecule has 6 heteroatoms. The van der Waals surface area contributed by atoms with Gasteiger partial charge in [0.25, 0.3) is 0 Å². The Morgan fingerprint density at radius 1 is 0.667 bits per heavy atom. The summed E-state index contributed by atoms with van der Waals surface area (Å²) in [5, 5.41) is 20.7. The van der Waals surface area contributed by atoms with Gasteiger partial charge in [-0.3, -0.25) is 9.80 Å². The highest BCUT2D eigenvalue weighted by Crippen LogP contribution is 2.52. The van der Waals surface area contributed by atoms with E-state index in [0.29, 0.717) is 0 Å². The van der Waals surface area contributed by atoms with Crippen LogP contribution in [0.2, 0.25) is 0 Å². The maximum absolute atomic E-state index is 13.0. The maximum Gasteiger partial charge on any atom is 0.336 e. The second-order valence-electron chi connectivity index (χ2n) is 15.8. The van der Waals surface area contributed by atoms with Gasteiger partial charge in [0.15, 0.2) is 0 Å². The molecular weight excluding hydrogens is 524 g/mol. The van der Waals surface area contributed by atoms with E-state index in [4.69, 9.17) is 0 Å². The Labute approximate surface area is 256 Å². The minimum absolute atomic E-state index is 0.0111. The number of unbranched alkanes of at least 4 members (excludes halogenated alkanes) is 4.